The second-order valence-electron chi connectivity index (χ2n) is 5.60. The number of benzene rings is 2. The van der Waals surface area contributed by atoms with Gasteiger partial charge in [-0.25, -0.2) is 0 Å². The molecular formula is C20H25NO3. The zero-order chi connectivity index (χ0) is 17.2. The Balaban J connectivity index is 1.97. The minimum absolute atomic E-state index is 0.0395. The summed E-state index contributed by atoms with van der Waals surface area (Å²) in [6.07, 6.45) is 1.15. The molecule has 0 aromatic heterocycles. The lowest BCUT2D eigenvalue weighted by molar-refractivity contribution is -0.132. The number of carbonyl (C=O) groups excluding carboxylic acids is 1. The van der Waals surface area contributed by atoms with E-state index in [1.165, 1.54) is 0 Å². The van der Waals surface area contributed by atoms with Crippen molar-refractivity contribution in [1.29, 1.82) is 0 Å². The topological polar surface area (TPSA) is 49.8 Å². The first kappa shape index (κ1) is 18.0. The van der Waals surface area contributed by atoms with Crippen molar-refractivity contribution in [2.24, 2.45) is 0 Å². The third kappa shape index (κ3) is 5.70. The molecule has 0 aliphatic heterocycles. The average Bonchev–Trinajstić information content (AvgIpc) is 2.61. The lowest BCUT2D eigenvalue weighted by Crippen LogP contribution is -2.33. The molecule has 24 heavy (non-hydrogen) atoms. The lowest BCUT2D eigenvalue weighted by Gasteiger charge is -2.22. The Morgan fingerprint density at radius 3 is 2.54 bits per heavy atom. The summed E-state index contributed by atoms with van der Waals surface area (Å²) in [5.74, 6) is 0.852. The Labute approximate surface area is 143 Å². The zero-order valence-corrected chi connectivity index (χ0v) is 14.1. The maximum absolute atomic E-state index is 12.5. The molecule has 128 valence electrons. The summed E-state index contributed by atoms with van der Waals surface area (Å²) in [5, 5.41) is 9.27. The molecule has 1 N–H and O–H groups in total. The summed E-state index contributed by atoms with van der Waals surface area (Å²) in [6.45, 7) is 3.33. The number of amides is 1. The molecule has 2 rings (SSSR count). The van der Waals surface area contributed by atoms with Crippen LogP contribution in [0.2, 0.25) is 0 Å². The highest BCUT2D eigenvalue weighted by Crippen LogP contribution is 2.16. The fourth-order valence-corrected chi connectivity index (χ4v) is 2.59. The molecule has 0 heterocycles. The average molecular weight is 327 g/mol. The SMILES string of the molecule is CCOc1cccc(CN(CCO)C(=O)CCc2ccccc2)c1. The van der Waals surface area contributed by atoms with E-state index in [0.29, 0.717) is 32.5 Å². The molecule has 0 bridgehead atoms. The molecule has 0 spiro atoms. The molecular weight excluding hydrogens is 302 g/mol. The Morgan fingerprint density at radius 1 is 1.08 bits per heavy atom. The van der Waals surface area contributed by atoms with Gasteiger partial charge in [-0.2, -0.15) is 0 Å². The van der Waals surface area contributed by atoms with E-state index in [1.807, 2.05) is 61.5 Å². The van der Waals surface area contributed by atoms with Crippen molar-refractivity contribution in [3.63, 3.8) is 0 Å². The summed E-state index contributed by atoms with van der Waals surface area (Å²) in [5.41, 5.74) is 2.15. The Hall–Kier alpha value is -2.33. The number of rotatable bonds is 9. The maximum Gasteiger partial charge on any atom is 0.223 e. The van der Waals surface area contributed by atoms with Gasteiger partial charge in [0.05, 0.1) is 13.2 Å². The van der Waals surface area contributed by atoms with Crippen molar-refractivity contribution in [3.05, 3.63) is 65.7 Å². The van der Waals surface area contributed by atoms with Gasteiger partial charge in [-0.05, 0) is 36.6 Å². The summed E-state index contributed by atoms with van der Waals surface area (Å²) in [7, 11) is 0. The van der Waals surface area contributed by atoms with Crippen LogP contribution in [0, 0.1) is 0 Å². The fourth-order valence-electron chi connectivity index (χ4n) is 2.59. The first-order chi connectivity index (χ1) is 11.7. The van der Waals surface area contributed by atoms with Gasteiger partial charge in [-0.3, -0.25) is 4.79 Å². The van der Waals surface area contributed by atoms with Crippen molar-refractivity contribution in [1.82, 2.24) is 4.90 Å². The van der Waals surface area contributed by atoms with Gasteiger partial charge in [0.1, 0.15) is 5.75 Å². The van der Waals surface area contributed by atoms with Crippen LogP contribution in [-0.2, 0) is 17.8 Å². The van der Waals surface area contributed by atoms with Crippen molar-refractivity contribution in [2.45, 2.75) is 26.3 Å². The molecule has 4 nitrogen and oxygen atoms in total. The van der Waals surface area contributed by atoms with Gasteiger partial charge in [0.25, 0.3) is 0 Å². The molecule has 4 heteroatoms. The maximum atomic E-state index is 12.5. The Morgan fingerprint density at radius 2 is 1.83 bits per heavy atom. The molecule has 0 fully saturated rings. The predicted molar refractivity (Wildman–Crippen MR) is 94.9 cm³/mol. The molecule has 0 radical (unpaired) electrons. The van der Waals surface area contributed by atoms with Gasteiger partial charge in [-0.1, -0.05) is 42.5 Å². The van der Waals surface area contributed by atoms with Crippen LogP contribution >= 0.6 is 0 Å². The van der Waals surface area contributed by atoms with E-state index in [0.717, 1.165) is 16.9 Å². The molecule has 0 saturated heterocycles. The van der Waals surface area contributed by atoms with E-state index in [9.17, 15) is 9.90 Å². The molecule has 0 atom stereocenters. The molecule has 2 aromatic rings. The van der Waals surface area contributed by atoms with E-state index in [4.69, 9.17) is 4.74 Å². The van der Waals surface area contributed by atoms with Gasteiger partial charge < -0.3 is 14.7 Å². The first-order valence-electron chi connectivity index (χ1n) is 8.37. The van der Waals surface area contributed by atoms with Crippen LogP contribution in [-0.4, -0.2) is 35.7 Å². The van der Waals surface area contributed by atoms with Crippen molar-refractivity contribution in [2.75, 3.05) is 19.8 Å². The number of carbonyl (C=O) groups is 1. The van der Waals surface area contributed by atoms with Crippen LogP contribution in [0.5, 0.6) is 5.75 Å². The van der Waals surface area contributed by atoms with Gasteiger partial charge in [0.15, 0.2) is 0 Å². The highest BCUT2D eigenvalue weighted by Gasteiger charge is 2.14. The number of nitrogens with zero attached hydrogens (tertiary/aromatic N) is 1. The Bertz CT molecular complexity index is 628. The largest absolute Gasteiger partial charge is 0.494 e. The number of hydrogen-bond donors (Lipinski definition) is 1. The summed E-state index contributed by atoms with van der Waals surface area (Å²) in [4.78, 5) is 14.2. The number of ether oxygens (including phenoxy) is 1. The second-order valence-corrected chi connectivity index (χ2v) is 5.60. The molecule has 0 unspecified atom stereocenters. The van der Waals surface area contributed by atoms with Crippen LogP contribution in [0.25, 0.3) is 0 Å². The summed E-state index contributed by atoms with van der Waals surface area (Å²) < 4.78 is 5.50. The molecule has 2 aromatic carbocycles. The minimum atomic E-state index is -0.0395. The van der Waals surface area contributed by atoms with Gasteiger partial charge in [0, 0.05) is 19.5 Å². The summed E-state index contributed by atoms with van der Waals surface area (Å²) >= 11 is 0. The van der Waals surface area contributed by atoms with Gasteiger partial charge in [-0.15, -0.1) is 0 Å². The van der Waals surface area contributed by atoms with Crippen molar-refractivity contribution < 1.29 is 14.6 Å². The van der Waals surface area contributed by atoms with E-state index >= 15 is 0 Å². The predicted octanol–water partition coefficient (Wildman–Crippen LogP) is 3.04. The van der Waals surface area contributed by atoms with Gasteiger partial charge >= 0.3 is 0 Å². The smallest absolute Gasteiger partial charge is 0.223 e. The second kappa shape index (κ2) is 9.73. The van der Waals surface area contributed by atoms with E-state index in [-0.39, 0.29) is 12.5 Å². The fraction of sp³-hybridized carbons (Fsp3) is 0.350. The number of hydrogen-bond acceptors (Lipinski definition) is 3. The van der Waals surface area contributed by atoms with Gasteiger partial charge in [0.2, 0.25) is 5.91 Å². The first-order valence-corrected chi connectivity index (χ1v) is 8.37. The molecule has 0 saturated carbocycles. The van der Waals surface area contributed by atoms with Crippen LogP contribution in [0.15, 0.2) is 54.6 Å². The van der Waals surface area contributed by atoms with Crippen LogP contribution in [0.3, 0.4) is 0 Å². The highest BCUT2D eigenvalue weighted by molar-refractivity contribution is 5.76. The standard InChI is InChI=1S/C20H25NO3/c1-2-24-19-10-6-9-18(15-19)16-21(13-14-22)20(23)12-11-17-7-4-3-5-8-17/h3-10,15,22H,2,11-14,16H2,1H3. The number of aryl methyl sites for hydroxylation is 1. The lowest BCUT2D eigenvalue weighted by atomic mass is 10.1. The minimum Gasteiger partial charge on any atom is -0.494 e. The quantitative estimate of drug-likeness (QED) is 0.770. The van der Waals surface area contributed by atoms with Crippen LogP contribution in [0.1, 0.15) is 24.5 Å². The van der Waals surface area contributed by atoms with Crippen LogP contribution in [0.4, 0.5) is 0 Å². The Kier molecular flexibility index (Phi) is 7.30. The van der Waals surface area contributed by atoms with Crippen LogP contribution < -0.4 is 4.74 Å². The highest BCUT2D eigenvalue weighted by atomic mass is 16.5. The van der Waals surface area contributed by atoms with E-state index in [1.54, 1.807) is 4.90 Å². The molecule has 1 amide bonds. The zero-order valence-electron chi connectivity index (χ0n) is 14.1. The normalized spacial score (nSPS) is 10.4. The van der Waals surface area contributed by atoms with E-state index < -0.39 is 0 Å². The monoisotopic (exact) mass is 327 g/mol. The number of aliphatic hydroxyl groups is 1. The van der Waals surface area contributed by atoms with Crippen molar-refractivity contribution >= 4 is 5.91 Å². The third-order valence-corrected chi connectivity index (χ3v) is 3.78. The number of aliphatic hydroxyl groups excluding tert-OH is 1. The molecule has 0 aliphatic rings. The third-order valence-electron chi connectivity index (χ3n) is 3.78. The summed E-state index contributed by atoms with van der Waals surface area (Å²) in [6, 6.07) is 17.7. The van der Waals surface area contributed by atoms with E-state index in [2.05, 4.69) is 0 Å². The van der Waals surface area contributed by atoms with Crippen molar-refractivity contribution in [3.8, 4) is 5.75 Å². The molecule has 0 aliphatic carbocycles.